The van der Waals surface area contributed by atoms with E-state index < -0.39 is 21.9 Å². The van der Waals surface area contributed by atoms with Gasteiger partial charge >= 0.3 is 6.01 Å². The van der Waals surface area contributed by atoms with Crippen LogP contribution in [0.15, 0.2) is 47.4 Å². The van der Waals surface area contributed by atoms with Crippen LogP contribution in [-0.4, -0.2) is 36.2 Å². The third-order valence-corrected chi connectivity index (χ3v) is 6.34. The molecule has 0 unspecified atom stereocenters. The van der Waals surface area contributed by atoms with Crippen molar-refractivity contribution >= 4 is 21.6 Å². The Balaban J connectivity index is 1.84. The number of halogens is 1. The van der Waals surface area contributed by atoms with Gasteiger partial charge in [0.15, 0.2) is 5.82 Å². The molecule has 0 radical (unpaired) electrons. The van der Waals surface area contributed by atoms with Gasteiger partial charge in [0.1, 0.15) is 11.6 Å². The Morgan fingerprint density at radius 3 is 2.50 bits per heavy atom. The van der Waals surface area contributed by atoms with E-state index in [1.807, 2.05) is 6.92 Å². The highest BCUT2D eigenvalue weighted by molar-refractivity contribution is 7.89. The molecule has 1 aromatic heterocycles. The number of rotatable bonds is 10. The lowest BCUT2D eigenvalue weighted by Crippen LogP contribution is -2.29. The van der Waals surface area contributed by atoms with Crippen molar-refractivity contribution in [1.82, 2.24) is 19.5 Å². The second kappa shape index (κ2) is 10.7. The molecule has 1 amide bonds. The zero-order chi connectivity index (χ0) is 24.9. The fraction of sp³-hybridized carbons (Fsp3) is 0.318. The lowest BCUT2D eigenvalue weighted by molar-refractivity contribution is -0.114. The summed E-state index contributed by atoms with van der Waals surface area (Å²) in [6.07, 6.45) is 0. The van der Waals surface area contributed by atoms with Crippen LogP contribution in [0.25, 0.3) is 0 Å². The molecule has 0 fully saturated rings. The summed E-state index contributed by atoms with van der Waals surface area (Å²) in [5.74, 6) is -0.0332. The molecule has 1 atom stereocenters. The van der Waals surface area contributed by atoms with Crippen LogP contribution in [0.3, 0.4) is 0 Å². The molecule has 0 saturated carbocycles. The van der Waals surface area contributed by atoms with Crippen LogP contribution >= 0.6 is 0 Å². The van der Waals surface area contributed by atoms with Gasteiger partial charge in [0.25, 0.3) is 0 Å². The normalized spacial score (nSPS) is 12.4. The van der Waals surface area contributed by atoms with Crippen LogP contribution in [0.2, 0.25) is 0 Å². The molecule has 3 aromatic rings. The highest BCUT2D eigenvalue weighted by Crippen LogP contribution is 2.26. The SMILES string of the molecule is CCn1c(Oc2ccc(F)cc2)nnc1[C@@H](C)NS(=O)(=O)c1ccc(COC)c(NC(C)=O)c1. The second-order valence-electron chi connectivity index (χ2n) is 7.42. The molecule has 0 aliphatic heterocycles. The maximum atomic E-state index is 13.1. The quantitative estimate of drug-likeness (QED) is 0.445. The van der Waals surface area contributed by atoms with Crippen molar-refractivity contribution in [3.8, 4) is 11.8 Å². The molecule has 2 aromatic carbocycles. The van der Waals surface area contributed by atoms with Crippen LogP contribution in [0.4, 0.5) is 10.1 Å². The maximum absolute atomic E-state index is 13.1. The molecule has 0 aliphatic carbocycles. The Bertz CT molecular complexity index is 1260. The zero-order valence-corrected chi connectivity index (χ0v) is 20.0. The van der Waals surface area contributed by atoms with Gasteiger partial charge in [-0.05, 0) is 50.2 Å². The van der Waals surface area contributed by atoms with Gasteiger partial charge in [0.05, 0.1) is 17.5 Å². The van der Waals surface area contributed by atoms with E-state index >= 15 is 0 Å². The predicted molar refractivity (Wildman–Crippen MR) is 122 cm³/mol. The zero-order valence-electron chi connectivity index (χ0n) is 19.2. The largest absolute Gasteiger partial charge is 0.424 e. The van der Waals surface area contributed by atoms with Crippen LogP contribution < -0.4 is 14.8 Å². The van der Waals surface area contributed by atoms with E-state index in [0.29, 0.717) is 29.4 Å². The van der Waals surface area contributed by atoms with E-state index in [9.17, 15) is 17.6 Å². The number of carbonyl (C=O) groups is 1. The number of anilines is 1. The molecular formula is C22H26FN5O5S. The Kier molecular flexibility index (Phi) is 7.97. The number of hydrogen-bond acceptors (Lipinski definition) is 7. The topological polar surface area (TPSA) is 124 Å². The first-order valence-electron chi connectivity index (χ1n) is 10.4. The molecule has 12 heteroatoms. The summed E-state index contributed by atoms with van der Waals surface area (Å²) in [6.45, 7) is 5.41. The van der Waals surface area contributed by atoms with Gasteiger partial charge in [-0.25, -0.2) is 17.5 Å². The van der Waals surface area contributed by atoms with Gasteiger partial charge in [0, 0.05) is 31.8 Å². The molecule has 0 aliphatic rings. The molecule has 0 saturated heterocycles. The molecule has 0 bridgehead atoms. The van der Waals surface area contributed by atoms with Crippen molar-refractivity contribution in [2.24, 2.45) is 0 Å². The Labute approximate surface area is 197 Å². The highest BCUT2D eigenvalue weighted by atomic mass is 32.2. The fourth-order valence-corrected chi connectivity index (χ4v) is 4.49. The molecule has 1 heterocycles. The summed E-state index contributed by atoms with van der Waals surface area (Å²) in [5.41, 5.74) is 0.981. The monoisotopic (exact) mass is 491 g/mol. The summed E-state index contributed by atoms with van der Waals surface area (Å²) in [5, 5.41) is 10.7. The van der Waals surface area contributed by atoms with Crippen molar-refractivity contribution in [1.29, 1.82) is 0 Å². The van der Waals surface area contributed by atoms with Crippen molar-refractivity contribution in [2.75, 3.05) is 12.4 Å². The Morgan fingerprint density at radius 2 is 1.88 bits per heavy atom. The number of benzene rings is 2. The lowest BCUT2D eigenvalue weighted by atomic mass is 10.2. The van der Waals surface area contributed by atoms with Crippen LogP contribution in [0.1, 0.15) is 38.2 Å². The van der Waals surface area contributed by atoms with Gasteiger partial charge in [-0.3, -0.25) is 9.36 Å². The molecule has 2 N–H and O–H groups in total. The first kappa shape index (κ1) is 25.3. The molecule has 0 spiro atoms. The number of sulfonamides is 1. The van der Waals surface area contributed by atoms with E-state index in [1.54, 1.807) is 17.6 Å². The highest BCUT2D eigenvalue weighted by Gasteiger charge is 2.25. The van der Waals surface area contributed by atoms with Crippen LogP contribution in [0, 0.1) is 5.82 Å². The molecule has 10 nitrogen and oxygen atoms in total. The average molecular weight is 492 g/mol. The van der Waals surface area contributed by atoms with Crippen molar-refractivity contribution < 1.29 is 27.1 Å². The van der Waals surface area contributed by atoms with Crippen LogP contribution in [0.5, 0.6) is 11.8 Å². The minimum absolute atomic E-state index is 0.0340. The number of methoxy groups -OCH3 is 1. The van der Waals surface area contributed by atoms with Crippen LogP contribution in [-0.2, 0) is 32.7 Å². The third-order valence-electron chi connectivity index (χ3n) is 4.81. The van der Waals surface area contributed by atoms with Crippen molar-refractivity contribution in [3.05, 3.63) is 59.7 Å². The number of nitrogens with zero attached hydrogens (tertiary/aromatic N) is 3. The van der Waals surface area contributed by atoms with Gasteiger partial charge in [0.2, 0.25) is 15.9 Å². The number of carbonyl (C=O) groups excluding carboxylic acids is 1. The molecule has 182 valence electrons. The predicted octanol–water partition coefficient (Wildman–Crippen LogP) is 3.37. The van der Waals surface area contributed by atoms with Crippen molar-refractivity contribution in [2.45, 2.75) is 44.9 Å². The first-order chi connectivity index (χ1) is 16.1. The van der Waals surface area contributed by atoms with E-state index in [4.69, 9.17) is 9.47 Å². The summed E-state index contributed by atoms with van der Waals surface area (Å²) in [6, 6.07) is 9.20. The first-order valence-corrected chi connectivity index (χ1v) is 11.9. The number of aromatic nitrogens is 3. The van der Waals surface area contributed by atoms with E-state index in [0.717, 1.165) is 0 Å². The maximum Gasteiger partial charge on any atom is 0.322 e. The summed E-state index contributed by atoms with van der Waals surface area (Å²) < 4.78 is 54.3. The Hall–Kier alpha value is -3.35. The number of nitrogens with one attached hydrogen (secondary N) is 2. The molecule has 3 rings (SSSR count). The Morgan fingerprint density at radius 1 is 1.18 bits per heavy atom. The summed E-state index contributed by atoms with van der Waals surface area (Å²) >= 11 is 0. The fourth-order valence-electron chi connectivity index (χ4n) is 3.26. The van der Waals surface area contributed by atoms with E-state index in [1.165, 1.54) is 50.4 Å². The number of ether oxygens (including phenoxy) is 2. The smallest absolute Gasteiger partial charge is 0.322 e. The molecule has 34 heavy (non-hydrogen) atoms. The molecular weight excluding hydrogens is 465 g/mol. The second-order valence-corrected chi connectivity index (χ2v) is 9.13. The third kappa shape index (κ3) is 5.95. The minimum atomic E-state index is -3.98. The van der Waals surface area contributed by atoms with Gasteiger partial charge in [-0.2, -0.15) is 0 Å². The van der Waals surface area contributed by atoms with Gasteiger partial charge in [-0.1, -0.05) is 11.2 Å². The van der Waals surface area contributed by atoms with Gasteiger partial charge < -0.3 is 14.8 Å². The van der Waals surface area contributed by atoms with Gasteiger partial charge in [-0.15, -0.1) is 5.10 Å². The minimum Gasteiger partial charge on any atom is -0.424 e. The summed E-state index contributed by atoms with van der Waals surface area (Å²) in [4.78, 5) is 11.5. The summed E-state index contributed by atoms with van der Waals surface area (Å²) in [7, 11) is -2.48. The standard InChI is InChI=1S/C22H26FN5O5S/c1-5-28-21(25-26-22(28)33-18-9-7-17(23)8-10-18)14(2)27-34(30,31)19-11-6-16(13-32-4)20(12-19)24-15(3)29/h6-12,14,27H,5,13H2,1-4H3,(H,24,29)/t14-/m1/s1. The van der Waals surface area contributed by atoms with Crippen molar-refractivity contribution in [3.63, 3.8) is 0 Å². The average Bonchev–Trinajstić information content (AvgIpc) is 3.18. The van der Waals surface area contributed by atoms with E-state index in [-0.39, 0.29) is 23.4 Å². The number of amides is 1. The van der Waals surface area contributed by atoms with E-state index in [2.05, 4.69) is 20.2 Å². The lowest BCUT2D eigenvalue weighted by Gasteiger charge is -2.17. The number of hydrogen-bond donors (Lipinski definition) is 2.